The number of ether oxygens (including phenoxy) is 1. The minimum absolute atomic E-state index is 0.104. The van der Waals surface area contributed by atoms with Crippen molar-refractivity contribution in [2.75, 3.05) is 31.3 Å². The highest BCUT2D eigenvalue weighted by molar-refractivity contribution is 6.02. The lowest BCUT2D eigenvalue weighted by atomic mass is 10.2. The monoisotopic (exact) mass is 500 g/mol. The second-order valence-electron chi connectivity index (χ2n) is 8.89. The van der Waals surface area contributed by atoms with Crippen molar-refractivity contribution in [2.45, 2.75) is 25.9 Å². The number of likely N-dealkylation sites (N-methyl/N-ethyl adjacent to an activating group) is 1. The number of carbonyl (C=O) groups excluding carboxylic acids is 2. The van der Waals surface area contributed by atoms with E-state index in [2.05, 4.69) is 31.0 Å². The average molecular weight is 501 g/mol. The molecule has 0 aliphatic carbocycles. The topological polar surface area (TPSA) is 126 Å². The molecule has 1 atom stereocenters. The minimum atomic E-state index is -0.557. The van der Waals surface area contributed by atoms with Crippen molar-refractivity contribution in [2.24, 2.45) is 0 Å². The van der Waals surface area contributed by atoms with Crippen LogP contribution in [0.3, 0.4) is 0 Å². The third kappa shape index (κ3) is 5.15. The fourth-order valence-corrected chi connectivity index (χ4v) is 4.19. The van der Waals surface area contributed by atoms with Crippen molar-refractivity contribution < 1.29 is 14.3 Å². The zero-order valence-electron chi connectivity index (χ0n) is 20.9. The van der Waals surface area contributed by atoms with E-state index in [9.17, 15) is 9.59 Å². The number of aromatic nitrogens is 4. The van der Waals surface area contributed by atoms with Gasteiger partial charge in [0, 0.05) is 31.9 Å². The van der Waals surface area contributed by atoms with Gasteiger partial charge in [-0.25, -0.2) is 9.97 Å². The van der Waals surface area contributed by atoms with Crippen LogP contribution in [0.25, 0.3) is 5.65 Å². The lowest BCUT2D eigenvalue weighted by Crippen LogP contribution is -2.40. The first-order valence-corrected chi connectivity index (χ1v) is 11.9. The van der Waals surface area contributed by atoms with Crippen molar-refractivity contribution in [3.05, 3.63) is 71.5 Å². The van der Waals surface area contributed by atoms with Crippen LogP contribution in [0.5, 0.6) is 5.75 Å². The molecule has 1 saturated heterocycles. The molecule has 3 N–H and O–H groups in total. The molecule has 0 bridgehead atoms. The summed E-state index contributed by atoms with van der Waals surface area (Å²) in [5, 5.41) is 13.9. The van der Waals surface area contributed by atoms with Crippen LogP contribution < -0.4 is 20.7 Å². The third-order valence-electron chi connectivity index (χ3n) is 6.23. The Bertz CT molecular complexity index is 1450. The number of amides is 2. The second-order valence-corrected chi connectivity index (χ2v) is 8.89. The quantitative estimate of drug-likeness (QED) is 0.337. The van der Waals surface area contributed by atoms with Crippen LogP contribution in [0.15, 0.2) is 54.7 Å². The van der Waals surface area contributed by atoms with Crippen LogP contribution in [-0.2, 0) is 11.3 Å². The van der Waals surface area contributed by atoms with E-state index in [0.717, 1.165) is 17.0 Å². The van der Waals surface area contributed by atoms with E-state index < -0.39 is 11.9 Å². The number of hydrogen-bond donors (Lipinski definition) is 3. The second kappa shape index (κ2) is 10.1. The molecule has 11 heteroatoms. The summed E-state index contributed by atoms with van der Waals surface area (Å²) < 4.78 is 6.82. The van der Waals surface area contributed by atoms with Gasteiger partial charge in [0.25, 0.3) is 5.91 Å². The maximum absolute atomic E-state index is 13.2. The number of anilines is 3. The molecule has 0 unspecified atom stereocenters. The molecule has 1 aliphatic heterocycles. The number of methoxy groups -OCH3 is 1. The van der Waals surface area contributed by atoms with Gasteiger partial charge in [-0.15, -0.1) is 0 Å². The van der Waals surface area contributed by atoms with E-state index >= 15 is 0 Å². The summed E-state index contributed by atoms with van der Waals surface area (Å²) >= 11 is 0. The maximum Gasteiger partial charge on any atom is 0.257 e. The lowest BCUT2D eigenvalue weighted by Gasteiger charge is -2.13. The lowest BCUT2D eigenvalue weighted by molar-refractivity contribution is -0.128. The standard InChI is InChI=1S/C26H28N8O3/c1-16-5-4-6-21(29-16)31-22-13-23(27-14-17-7-9-18(37-3)10-8-17)34-24(32-22)19(15-28-34)25(35)30-20-11-12-33(2)26(20)36/h4-10,13,15,20,27H,11-12,14H2,1-3H3,(H,30,35)(H,29,31,32)/t20-/m1/s1. The van der Waals surface area contributed by atoms with Crippen LogP contribution in [0, 0.1) is 6.92 Å². The van der Waals surface area contributed by atoms with E-state index in [-0.39, 0.29) is 11.5 Å². The Balaban J connectivity index is 1.46. The Morgan fingerprint density at radius 3 is 2.65 bits per heavy atom. The molecular weight excluding hydrogens is 472 g/mol. The summed E-state index contributed by atoms with van der Waals surface area (Å²) in [6, 6.07) is 14.6. The molecule has 1 fully saturated rings. The molecule has 4 aromatic rings. The first-order valence-electron chi connectivity index (χ1n) is 11.9. The summed E-state index contributed by atoms with van der Waals surface area (Å²) in [6.07, 6.45) is 2.03. The van der Waals surface area contributed by atoms with E-state index in [1.807, 2.05) is 55.5 Å². The number of aryl methyl sites for hydroxylation is 1. The number of rotatable bonds is 8. The molecule has 37 heavy (non-hydrogen) atoms. The zero-order chi connectivity index (χ0) is 25.9. The van der Waals surface area contributed by atoms with Gasteiger partial charge in [0.15, 0.2) is 5.65 Å². The predicted octanol–water partition coefficient (Wildman–Crippen LogP) is 2.76. The Kier molecular flexibility index (Phi) is 6.59. The minimum Gasteiger partial charge on any atom is -0.497 e. The summed E-state index contributed by atoms with van der Waals surface area (Å²) in [7, 11) is 3.36. The molecule has 0 radical (unpaired) electrons. The largest absolute Gasteiger partial charge is 0.497 e. The van der Waals surface area contributed by atoms with E-state index in [4.69, 9.17) is 4.74 Å². The molecule has 1 aromatic carbocycles. The van der Waals surface area contributed by atoms with Crippen LogP contribution in [0.1, 0.15) is 28.0 Å². The summed E-state index contributed by atoms with van der Waals surface area (Å²) in [6.45, 7) is 3.02. The van der Waals surface area contributed by atoms with Gasteiger partial charge in [-0.05, 0) is 43.2 Å². The Morgan fingerprint density at radius 2 is 1.95 bits per heavy atom. The Labute approximate surface area is 213 Å². The highest BCUT2D eigenvalue weighted by Crippen LogP contribution is 2.23. The number of nitrogens with zero attached hydrogens (tertiary/aromatic N) is 5. The number of nitrogens with one attached hydrogen (secondary N) is 3. The van der Waals surface area contributed by atoms with Gasteiger partial charge in [-0.1, -0.05) is 18.2 Å². The average Bonchev–Trinajstić information content (AvgIpc) is 3.46. The van der Waals surface area contributed by atoms with Crippen LogP contribution in [0.4, 0.5) is 17.5 Å². The molecule has 0 spiro atoms. The molecule has 11 nitrogen and oxygen atoms in total. The summed E-state index contributed by atoms with van der Waals surface area (Å²) in [4.78, 5) is 36.2. The number of carbonyl (C=O) groups is 2. The normalized spacial score (nSPS) is 15.2. The smallest absolute Gasteiger partial charge is 0.257 e. The van der Waals surface area contributed by atoms with Gasteiger partial charge < -0.3 is 25.6 Å². The van der Waals surface area contributed by atoms with Crippen LogP contribution in [0.2, 0.25) is 0 Å². The number of fused-ring (bicyclic) bond motifs is 1. The van der Waals surface area contributed by atoms with Crippen molar-refractivity contribution >= 4 is 34.9 Å². The Morgan fingerprint density at radius 1 is 1.14 bits per heavy atom. The first kappa shape index (κ1) is 24.0. The fourth-order valence-electron chi connectivity index (χ4n) is 4.19. The van der Waals surface area contributed by atoms with Gasteiger partial charge in [-0.2, -0.15) is 9.61 Å². The van der Waals surface area contributed by atoms with E-state index in [1.54, 1.807) is 23.6 Å². The van der Waals surface area contributed by atoms with Crippen molar-refractivity contribution in [3.63, 3.8) is 0 Å². The van der Waals surface area contributed by atoms with Gasteiger partial charge >= 0.3 is 0 Å². The number of pyridine rings is 1. The van der Waals surface area contributed by atoms with E-state index in [1.165, 1.54) is 6.20 Å². The fraction of sp³-hybridized carbons (Fsp3) is 0.269. The molecule has 1 aliphatic rings. The summed E-state index contributed by atoms with van der Waals surface area (Å²) in [5.74, 6) is 2.03. The highest BCUT2D eigenvalue weighted by Gasteiger charge is 2.31. The Hall–Kier alpha value is -4.67. The molecule has 190 valence electrons. The maximum atomic E-state index is 13.2. The third-order valence-corrected chi connectivity index (χ3v) is 6.23. The molecule has 2 amide bonds. The molecule has 0 saturated carbocycles. The van der Waals surface area contributed by atoms with Gasteiger partial charge in [0.2, 0.25) is 5.91 Å². The van der Waals surface area contributed by atoms with Crippen molar-refractivity contribution in [1.29, 1.82) is 0 Å². The van der Waals surface area contributed by atoms with Gasteiger partial charge in [0.05, 0.1) is 13.3 Å². The van der Waals surface area contributed by atoms with Gasteiger partial charge in [0.1, 0.15) is 34.8 Å². The molecule has 3 aromatic heterocycles. The van der Waals surface area contributed by atoms with Crippen LogP contribution in [-0.4, -0.2) is 63.0 Å². The van der Waals surface area contributed by atoms with Gasteiger partial charge in [-0.3, -0.25) is 9.59 Å². The van der Waals surface area contributed by atoms with Crippen molar-refractivity contribution in [3.8, 4) is 5.75 Å². The number of hydrogen-bond acceptors (Lipinski definition) is 8. The summed E-state index contributed by atoms with van der Waals surface area (Å²) in [5.41, 5.74) is 2.52. The number of likely N-dealkylation sites (tertiary alicyclic amines) is 1. The zero-order valence-corrected chi connectivity index (χ0v) is 20.9. The predicted molar refractivity (Wildman–Crippen MR) is 139 cm³/mol. The highest BCUT2D eigenvalue weighted by atomic mass is 16.5. The first-order chi connectivity index (χ1) is 17.9. The molecule has 5 rings (SSSR count). The SMILES string of the molecule is COc1ccc(CNc2cc(Nc3cccc(C)n3)nc3c(C(=O)N[C@@H]4CCN(C)C4=O)cnn23)cc1. The van der Waals surface area contributed by atoms with Crippen molar-refractivity contribution in [1.82, 2.24) is 29.8 Å². The number of benzene rings is 1. The molecular formula is C26H28N8O3. The van der Waals surface area contributed by atoms with E-state index in [0.29, 0.717) is 42.6 Å². The molecule has 4 heterocycles. The van der Waals surface area contributed by atoms with Crippen LogP contribution >= 0.6 is 0 Å².